The molecular formula is C25H30F3N3O. The minimum atomic E-state index is -4.30. The molecule has 3 fully saturated rings. The SMILES string of the molecule is O[C@@H]1C[C@@H]2CN(CCc3ccccc3)CC3(CN(Cc4ccc(C(F)(F)F)cc4)C3)N2C1. The molecule has 4 nitrogen and oxygen atoms in total. The highest BCUT2D eigenvalue weighted by Gasteiger charge is 2.55. The number of halogens is 3. The molecule has 0 unspecified atom stereocenters. The van der Waals surface area contributed by atoms with Crippen LogP contribution in [0.15, 0.2) is 54.6 Å². The number of nitrogens with zero attached hydrogens (tertiary/aromatic N) is 3. The lowest BCUT2D eigenvalue weighted by Gasteiger charge is -2.61. The Kier molecular flexibility index (Phi) is 5.78. The zero-order valence-corrected chi connectivity index (χ0v) is 18.1. The molecule has 2 atom stereocenters. The zero-order chi connectivity index (χ0) is 22.3. The van der Waals surface area contributed by atoms with Crippen molar-refractivity contribution in [2.24, 2.45) is 0 Å². The number of aliphatic hydroxyl groups excluding tert-OH is 1. The van der Waals surface area contributed by atoms with Crippen molar-refractivity contribution in [3.63, 3.8) is 0 Å². The average Bonchev–Trinajstić information content (AvgIpc) is 3.12. The van der Waals surface area contributed by atoms with Crippen LogP contribution in [0.5, 0.6) is 0 Å². The summed E-state index contributed by atoms with van der Waals surface area (Å²) in [6.07, 6.45) is -2.73. The molecule has 0 aliphatic carbocycles. The number of piperazine rings is 1. The lowest BCUT2D eigenvalue weighted by Crippen LogP contribution is -2.77. The van der Waals surface area contributed by atoms with Gasteiger partial charge in [0.2, 0.25) is 0 Å². The van der Waals surface area contributed by atoms with Gasteiger partial charge in [0.25, 0.3) is 0 Å². The first-order valence-electron chi connectivity index (χ1n) is 11.4. The molecule has 0 bridgehead atoms. The van der Waals surface area contributed by atoms with Gasteiger partial charge in [0.15, 0.2) is 0 Å². The molecule has 0 radical (unpaired) electrons. The second kappa shape index (κ2) is 8.45. The maximum absolute atomic E-state index is 12.8. The monoisotopic (exact) mass is 445 g/mol. The molecule has 172 valence electrons. The Morgan fingerprint density at radius 2 is 1.56 bits per heavy atom. The third-order valence-electron chi connectivity index (χ3n) is 7.27. The first kappa shape index (κ1) is 21.9. The van der Waals surface area contributed by atoms with Crippen LogP contribution in [0.3, 0.4) is 0 Å². The Bertz CT molecular complexity index is 912. The first-order valence-corrected chi connectivity index (χ1v) is 11.4. The molecule has 2 aromatic rings. The van der Waals surface area contributed by atoms with E-state index in [0.29, 0.717) is 12.6 Å². The Hall–Kier alpha value is -1.93. The van der Waals surface area contributed by atoms with E-state index in [1.54, 1.807) is 12.1 Å². The highest BCUT2D eigenvalue weighted by Crippen LogP contribution is 2.39. The molecule has 3 saturated heterocycles. The average molecular weight is 446 g/mol. The predicted octanol–water partition coefficient (Wildman–Crippen LogP) is 3.25. The molecule has 7 heteroatoms. The Balaban J connectivity index is 1.22. The molecular weight excluding hydrogens is 415 g/mol. The number of β-amino-alcohol motifs (C(OH)–C–C–N with tert-alkyl or cyclic N) is 1. The number of alkyl halides is 3. The number of rotatable bonds is 5. The molecule has 32 heavy (non-hydrogen) atoms. The van der Waals surface area contributed by atoms with Crippen LogP contribution in [0, 0.1) is 0 Å². The van der Waals surface area contributed by atoms with Crippen molar-refractivity contribution in [1.29, 1.82) is 0 Å². The van der Waals surface area contributed by atoms with Crippen LogP contribution >= 0.6 is 0 Å². The zero-order valence-electron chi connectivity index (χ0n) is 18.1. The molecule has 3 aliphatic heterocycles. The maximum Gasteiger partial charge on any atom is 0.416 e. The van der Waals surface area contributed by atoms with E-state index in [2.05, 4.69) is 39.0 Å². The summed E-state index contributed by atoms with van der Waals surface area (Å²) in [6, 6.07) is 16.4. The number of hydrogen-bond acceptors (Lipinski definition) is 4. The quantitative estimate of drug-likeness (QED) is 0.766. The molecule has 1 spiro atoms. The third kappa shape index (κ3) is 4.44. The van der Waals surface area contributed by atoms with E-state index in [0.717, 1.165) is 57.7 Å². The summed E-state index contributed by atoms with van der Waals surface area (Å²) >= 11 is 0. The maximum atomic E-state index is 12.8. The molecule has 0 amide bonds. The van der Waals surface area contributed by atoms with Gasteiger partial charge in [-0.15, -0.1) is 0 Å². The van der Waals surface area contributed by atoms with Gasteiger partial charge in [-0.1, -0.05) is 42.5 Å². The molecule has 1 N–H and O–H groups in total. The number of likely N-dealkylation sites (tertiary alicyclic amines) is 1. The van der Waals surface area contributed by atoms with Crippen molar-refractivity contribution in [2.45, 2.75) is 43.2 Å². The van der Waals surface area contributed by atoms with Gasteiger partial charge in [-0.05, 0) is 36.1 Å². The number of aliphatic hydroxyl groups is 1. The summed E-state index contributed by atoms with van der Waals surface area (Å²) in [5.41, 5.74) is 1.68. The van der Waals surface area contributed by atoms with Gasteiger partial charge in [0, 0.05) is 51.9 Å². The minimum Gasteiger partial charge on any atom is -0.392 e. The Labute approximate surface area is 187 Å². The number of benzene rings is 2. The van der Waals surface area contributed by atoms with E-state index in [4.69, 9.17) is 0 Å². The summed E-state index contributed by atoms with van der Waals surface area (Å²) < 4.78 is 38.5. The van der Waals surface area contributed by atoms with Gasteiger partial charge in [0.05, 0.1) is 17.2 Å². The highest BCUT2D eigenvalue weighted by molar-refractivity contribution is 5.25. The van der Waals surface area contributed by atoms with Crippen molar-refractivity contribution in [3.8, 4) is 0 Å². The summed E-state index contributed by atoms with van der Waals surface area (Å²) in [7, 11) is 0. The van der Waals surface area contributed by atoms with Crippen molar-refractivity contribution >= 4 is 0 Å². The van der Waals surface area contributed by atoms with Crippen LogP contribution in [0.25, 0.3) is 0 Å². The van der Waals surface area contributed by atoms with E-state index in [1.807, 2.05) is 6.07 Å². The second-order valence-electron chi connectivity index (χ2n) is 9.73. The minimum absolute atomic E-state index is 0.0307. The molecule has 3 aliphatic rings. The molecule has 2 aromatic carbocycles. The van der Waals surface area contributed by atoms with Crippen LogP contribution in [-0.4, -0.2) is 76.8 Å². The van der Waals surface area contributed by atoms with E-state index >= 15 is 0 Å². The summed E-state index contributed by atoms with van der Waals surface area (Å²) in [5.74, 6) is 0. The molecule has 0 aromatic heterocycles. The Morgan fingerprint density at radius 1 is 0.875 bits per heavy atom. The first-order chi connectivity index (χ1) is 15.3. The fraction of sp³-hybridized carbons (Fsp3) is 0.520. The lowest BCUT2D eigenvalue weighted by atomic mass is 9.83. The van der Waals surface area contributed by atoms with E-state index in [9.17, 15) is 18.3 Å². The Morgan fingerprint density at radius 3 is 2.25 bits per heavy atom. The van der Waals surface area contributed by atoms with Crippen molar-refractivity contribution < 1.29 is 18.3 Å². The third-order valence-corrected chi connectivity index (χ3v) is 7.27. The smallest absolute Gasteiger partial charge is 0.392 e. The second-order valence-corrected chi connectivity index (χ2v) is 9.73. The molecule has 5 rings (SSSR count). The highest BCUT2D eigenvalue weighted by atomic mass is 19.4. The van der Waals surface area contributed by atoms with Crippen LogP contribution < -0.4 is 0 Å². The van der Waals surface area contributed by atoms with Crippen molar-refractivity contribution in [3.05, 3.63) is 71.3 Å². The van der Waals surface area contributed by atoms with E-state index in [1.165, 1.54) is 17.7 Å². The molecule has 0 saturated carbocycles. The van der Waals surface area contributed by atoms with Crippen LogP contribution in [0.1, 0.15) is 23.1 Å². The fourth-order valence-electron chi connectivity index (χ4n) is 5.85. The predicted molar refractivity (Wildman–Crippen MR) is 117 cm³/mol. The van der Waals surface area contributed by atoms with E-state index < -0.39 is 11.7 Å². The van der Waals surface area contributed by atoms with Crippen molar-refractivity contribution in [1.82, 2.24) is 14.7 Å². The van der Waals surface area contributed by atoms with Gasteiger partial charge in [-0.3, -0.25) is 14.7 Å². The van der Waals surface area contributed by atoms with Gasteiger partial charge < -0.3 is 5.11 Å². The normalized spacial score (nSPS) is 26.2. The number of fused-ring (bicyclic) bond motifs is 2. The van der Waals surface area contributed by atoms with Gasteiger partial charge >= 0.3 is 6.18 Å². The lowest BCUT2D eigenvalue weighted by molar-refractivity contribution is -0.137. The number of hydrogen-bond donors (Lipinski definition) is 1. The van der Waals surface area contributed by atoms with Crippen LogP contribution in [-0.2, 0) is 19.1 Å². The largest absolute Gasteiger partial charge is 0.416 e. The van der Waals surface area contributed by atoms with Gasteiger partial charge in [-0.2, -0.15) is 13.2 Å². The van der Waals surface area contributed by atoms with Crippen LogP contribution in [0.2, 0.25) is 0 Å². The fourth-order valence-corrected chi connectivity index (χ4v) is 5.85. The summed E-state index contributed by atoms with van der Waals surface area (Å²) in [5, 5.41) is 10.3. The van der Waals surface area contributed by atoms with Crippen molar-refractivity contribution in [2.75, 3.05) is 39.3 Å². The van der Waals surface area contributed by atoms with Gasteiger partial charge in [0.1, 0.15) is 0 Å². The standard InChI is InChI=1S/C25H30F3N3O/c26-25(27,28)21-8-6-20(7-9-21)13-30-17-24(18-30)16-29(11-10-19-4-2-1-3-5-19)14-22-12-23(32)15-31(22)24/h1-9,22-23,32H,10-18H2/t22-,23-/m1/s1. The summed E-state index contributed by atoms with van der Waals surface area (Å²) in [4.78, 5) is 7.37. The van der Waals surface area contributed by atoms with Gasteiger partial charge in [-0.25, -0.2) is 0 Å². The topological polar surface area (TPSA) is 30.0 Å². The van der Waals surface area contributed by atoms with E-state index in [-0.39, 0.29) is 11.6 Å². The molecule has 3 heterocycles. The summed E-state index contributed by atoms with van der Waals surface area (Å²) in [6.45, 7) is 6.14. The van der Waals surface area contributed by atoms with Crippen LogP contribution in [0.4, 0.5) is 13.2 Å².